The molecule has 0 radical (unpaired) electrons. The summed E-state index contributed by atoms with van der Waals surface area (Å²) in [5, 5.41) is 9.11. The summed E-state index contributed by atoms with van der Waals surface area (Å²) in [4.78, 5) is 3.95. The molecular weight excluding hydrogens is 324 g/mol. The molecule has 0 aliphatic carbocycles. The Balaban J connectivity index is 2.75. The number of hydrogen-bond acceptors (Lipinski definition) is 2. The molecule has 108 valence electrons. The van der Waals surface area contributed by atoms with Gasteiger partial charge in [0.2, 0.25) is 0 Å². The lowest BCUT2D eigenvalue weighted by molar-refractivity contribution is -0.138. The molecule has 1 heterocycles. The third-order valence-electron chi connectivity index (χ3n) is 2.82. The Kier molecular flexibility index (Phi) is 4.40. The van der Waals surface area contributed by atoms with Gasteiger partial charge in [-0.05, 0) is 12.1 Å². The van der Waals surface area contributed by atoms with E-state index in [-0.39, 0.29) is 26.9 Å². The Labute approximate surface area is 128 Å². The van der Waals surface area contributed by atoms with Gasteiger partial charge in [-0.25, -0.2) is 0 Å². The molecule has 2 nitrogen and oxygen atoms in total. The van der Waals surface area contributed by atoms with Gasteiger partial charge in [-0.1, -0.05) is 35.3 Å². The third kappa shape index (κ3) is 3.12. The number of rotatable bonds is 2. The zero-order valence-electron chi connectivity index (χ0n) is 10.4. The molecule has 0 aliphatic rings. The summed E-state index contributed by atoms with van der Waals surface area (Å²) in [7, 11) is 0. The van der Waals surface area contributed by atoms with Gasteiger partial charge in [-0.2, -0.15) is 18.4 Å². The predicted octanol–water partition coefficient (Wildman–Crippen LogP) is 5.14. The SMILES string of the molecule is N#CCc1c(C(F)(F)F)ccnc1-c1cccc(Cl)c1Cl. The lowest BCUT2D eigenvalue weighted by Crippen LogP contribution is -2.11. The maximum absolute atomic E-state index is 13.1. The molecule has 0 saturated carbocycles. The van der Waals surface area contributed by atoms with Crippen LogP contribution < -0.4 is 0 Å². The zero-order valence-corrected chi connectivity index (χ0v) is 11.9. The monoisotopic (exact) mass is 330 g/mol. The molecule has 1 aromatic carbocycles. The van der Waals surface area contributed by atoms with E-state index < -0.39 is 18.2 Å². The topological polar surface area (TPSA) is 36.7 Å². The average Bonchev–Trinajstić information content (AvgIpc) is 2.41. The van der Waals surface area contributed by atoms with Crippen molar-refractivity contribution in [3.63, 3.8) is 0 Å². The zero-order chi connectivity index (χ0) is 15.6. The number of aromatic nitrogens is 1. The van der Waals surface area contributed by atoms with Crippen LogP contribution in [0.2, 0.25) is 10.0 Å². The van der Waals surface area contributed by atoms with Crippen LogP contribution in [0.3, 0.4) is 0 Å². The normalized spacial score (nSPS) is 11.2. The summed E-state index contributed by atoms with van der Waals surface area (Å²) in [5.41, 5.74) is -0.832. The van der Waals surface area contributed by atoms with Crippen LogP contribution in [0.4, 0.5) is 13.2 Å². The minimum Gasteiger partial charge on any atom is -0.256 e. The Hall–Kier alpha value is -1.77. The van der Waals surface area contributed by atoms with Crippen molar-refractivity contribution in [1.82, 2.24) is 4.98 Å². The highest BCUT2D eigenvalue weighted by Gasteiger charge is 2.34. The van der Waals surface area contributed by atoms with Gasteiger partial charge in [0.1, 0.15) is 0 Å². The van der Waals surface area contributed by atoms with Crippen molar-refractivity contribution in [3.8, 4) is 17.3 Å². The lowest BCUT2D eigenvalue weighted by atomic mass is 9.98. The molecule has 2 rings (SSSR count). The Morgan fingerprint density at radius 1 is 1.19 bits per heavy atom. The van der Waals surface area contributed by atoms with Crippen molar-refractivity contribution in [2.45, 2.75) is 12.6 Å². The molecule has 0 fully saturated rings. The van der Waals surface area contributed by atoms with Gasteiger partial charge in [-0.15, -0.1) is 0 Å². The van der Waals surface area contributed by atoms with Crippen molar-refractivity contribution >= 4 is 23.2 Å². The Morgan fingerprint density at radius 3 is 2.52 bits per heavy atom. The van der Waals surface area contributed by atoms with Crippen LogP contribution in [0.5, 0.6) is 0 Å². The number of hydrogen-bond donors (Lipinski definition) is 0. The molecule has 0 atom stereocenters. The first-order valence-electron chi connectivity index (χ1n) is 5.72. The number of alkyl halides is 3. The average molecular weight is 331 g/mol. The van der Waals surface area contributed by atoms with E-state index in [0.717, 1.165) is 12.3 Å². The smallest absolute Gasteiger partial charge is 0.256 e. The predicted molar refractivity (Wildman–Crippen MR) is 74.0 cm³/mol. The second-order valence-corrected chi connectivity index (χ2v) is 4.90. The van der Waals surface area contributed by atoms with Crippen molar-refractivity contribution in [1.29, 1.82) is 5.26 Å². The second-order valence-electron chi connectivity index (χ2n) is 4.12. The van der Waals surface area contributed by atoms with E-state index in [1.165, 1.54) is 12.1 Å². The molecule has 0 spiro atoms. The van der Waals surface area contributed by atoms with Crippen molar-refractivity contribution in [2.75, 3.05) is 0 Å². The molecule has 2 aromatic rings. The summed E-state index contributed by atoms with van der Waals surface area (Å²) >= 11 is 11.9. The Bertz CT molecular complexity index is 721. The van der Waals surface area contributed by atoms with Crippen molar-refractivity contribution in [2.24, 2.45) is 0 Å². The molecule has 0 bridgehead atoms. The number of nitriles is 1. The van der Waals surface area contributed by atoms with E-state index in [4.69, 9.17) is 28.5 Å². The number of pyridine rings is 1. The minimum absolute atomic E-state index is 0.0128. The summed E-state index contributed by atoms with van der Waals surface area (Å²) in [6, 6.07) is 7.15. The molecule has 0 unspecified atom stereocenters. The van der Waals surface area contributed by atoms with Crippen LogP contribution in [0.25, 0.3) is 11.3 Å². The maximum Gasteiger partial charge on any atom is 0.416 e. The van der Waals surface area contributed by atoms with Gasteiger partial charge in [0.05, 0.1) is 33.8 Å². The molecule has 0 aliphatic heterocycles. The van der Waals surface area contributed by atoms with Crippen LogP contribution in [-0.2, 0) is 12.6 Å². The van der Waals surface area contributed by atoms with E-state index in [0.29, 0.717) is 0 Å². The van der Waals surface area contributed by atoms with E-state index in [2.05, 4.69) is 4.98 Å². The fourth-order valence-corrected chi connectivity index (χ4v) is 2.32. The van der Waals surface area contributed by atoms with Gasteiger partial charge in [0, 0.05) is 17.3 Å². The summed E-state index contributed by atoms with van der Waals surface area (Å²) < 4.78 is 39.2. The van der Waals surface area contributed by atoms with E-state index in [1.54, 1.807) is 12.1 Å². The molecule has 21 heavy (non-hydrogen) atoms. The summed E-state index contributed by atoms with van der Waals surface area (Å²) in [5.74, 6) is 0. The fourth-order valence-electron chi connectivity index (χ4n) is 1.93. The van der Waals surface area contributed by atoms with Gasteiger partial charge >= 0.3 is 6.18 Å². The second kappa shape index (κ2) is 5.92. The molecule has 0 N–H and O–H groups in total. The molecule has 0 amide bonds. The van der Waals surface area contributed by atoms with Crippen LogP contribution >= 0.6 is 23.2 Å². The number of nitrogens with zero attached hydrogens (tertiary/aromatic N) is 2. The quantitative estimate of drug-likeness (QED) is 0.764. The highest BCUT2D eigenvalue weighted by atomic mass is 35.5. The molecule has 0 saturated heterocycles. The first kappa shape index (κ1) is 15.6. The highest BCUT2D eigenvalue weighted by molar-refractivity contribution is 6.43. The van der Waals surface area contributed by atoms with Crippen LogP contribution in [0.1, 0.15) is 11.1 Å². The molecule has 7 heteroatoms. The first-order valence-corrected chi connectivity index (χ1v) is 6.48. The minimum atomic E-state index is -4.57. The summed E-state index contributed by atoms with van der Waals surface area (Å²) in [6.45, 7) is 0. The number of halogens is 5. The van der Waals surface area contributed by atoms with Crippen LogP contribution in [0.15, 0.2) is 30.5 Å². The number of benzene rings is 1. The molecule has 1 aromatic heterocycles. The van der Waals surface area contributed by atoms with Gasteiger partial charge in [0.25, 0.3) is 0 Å². The van der Waals surface area contributed by atoms with Crippen molar-refractivity contribution < 1.29 is 13.2 Å². The van der Waals surface area contributed by atoms with E-state index in [9.17, 15) is 13.2 Å². The maximum atomic E-state index is 13.1. The first-order chi connectivity index (χ1) is 9.86. The van der Waals surface area contributed by atoms with Crippen LogP contribution in [-0.4, -0.2) is 4.98 Å². The van der Waals surface area contributed by atoms with Crippen LogP contribution in [0, 0.1) is 11.3 Å². The van der Waals surface area contributed by atoms with Crippen molar-refractivity contribution in [3.05, 3.63) is 51.6 Å². The fraction of sp³-hybridized carbons (Fsp3) is 0.143. The standard InChI is InChI=1S/C14H7Cl2F3N2/c15-11-3-1-2-9(12(11)16)13-8(4-6-20)10(5-7-21-13)14(17,18)19/h1-3,5,7H,4H2. The highest BCUT2D eigenvalue weighted by Crippen LogP contribution is 2.39. The summed E-state index contributed by atoms with van der Waals surface area (Å²) in [6.07, 6.45) is -3.97. The Morgan fingerprint density at radius 2 is 1.90 bits per heavy atom. The third-order valence-corrected chi connectivity index (χ3v) is 3.64. The van der Waals surface area contributed by atoms with E-state index in [1.807, 2.05) is 0 Å². The molecular formula is C14H7Cl2F3N2. The van der Waals surface area contributed by atoms with E-state index >= 15 is 0 Å². The van der Waals surface area contributed by atoms with Gasteiger partial charge in [-0.3, -0.25) is 4.98 Å². The van der Waals surface area contributed by atoms with Gasteiger partial charge in [0.15, 0.2) is 0 Å². The largest absolute Gasteiger partial charge is 0.416 e. The lowest BCUT2D eigenvalue weighted by Gasteiger charge is -2.15. The van der Waals surface area contributed by atoms with Gasteiger partial charge < -0.3 is 0 Å².